The van der Waals surface area contributed by atoms with Gasteiger partial charge in [-0.15, -0.1) is 0 Å². The predicted molar refractivity (Wildman–Crippen MR) is 81.9 cm³/mol. The summed E-state index contributed by atoms with van der Waals surface area (Å²) in [5.41, 5.74) is 0.406. The van der Waals surface area contributed by atoms with Gasteiger partial charge in [-0.25, -0.2) is 0 Å². The second-order valence-electron chi connectivity index (χ2n) is 7.93. The van der Waals surface area contributed by atoms with Crippen molar-refractivity contribution in [2.75, 3.05) is 39.4 Å². The zero-order chi connectivity index (χ0) is 14.8. The number of hydrogen-bond donors (Lipinski definition) is 2. The molecule has 0 spiro atoms. The van der Waals surface area contributed by atoms with E-state index in [0.29, 0.717) is 5.92 Å². The molecule has 118 valence electrons. The molecule has 3 unspecified atom stereocenters. The first-order valence-corrected chi connectivity index (χ1v) is 8.03. The lowest BCUT2D eigenvalue weighted by atomic mass is 9.85. The molecule has 0 saturated carbocycles. The minimum Gasteiger partial charge on any atom is -0.393 e. The molecule has 0 radical (unpaired) electrons. The van der Waals surface area contributed by atoms with Gasteiger partial charge in [0.05, 0.1) is 12.7 Å². The van der Waals surface area contributed by atoms with Crippen LogP contribution in [0.4, 0.5) is 0 Å². The number of aliphatic hydroxyl groups is 1. The van der Waals surface area contributed by atoms with Crippen LogP contribution < -0.4 is 5.32 Å². The van der Waals surface area contributed by atoms with Crippen LogP contribution in [0.3, 0.4) is 0 Å². The van der Waals surface area contributed by atoms with Crippen LogP contribution in [-0.4, -0.2) is 61.0 Å². The Labute approximate surface area is 123 Å². The van der Waals surface area contributed by atoms with Crippen molar-refractivity contribution in [3.05, 3.63) is 0 Å². The lowest BCUT2D eigenvalue weighted by molar-refractivity contribution is 0.0986. The molecule has 2 heterocycles. The maximum atomic E-state index is 9.74. The van der Waals surface area contributed by atoms with Crippen molar-refractivity contribution in [2.24, 2.45) is 11.3 Å². The zero-order valence-electron chi connectivity index (χ0n) is 13.6. The number of hydrogen-bond acceptors (Lipinski definition) is 4. The van der Waals surface area contributed by atoms with Gasteiger partial charge in [0.15, 0.2) is 0 Å². The summed E-state index contributed by atoms with van der Waals surface area (Å²) in [6.45, 7) is 14.6. The van der Waals surface area contributed by atoms with Gasteiger partial charge in [-0.2, -0.15) is 0 Å². The number of ether oxygens (including phenoxy) is 1. The number of nitrogens with one attached hydrogen (secondary N) is 1. The van der Waals surface area contributed by atoms with Crippen LogP contribution in [0.1, 0.15) is 40.5 Å². The van der Waals surface area contributed by atoms with Gasteiger partial charge in [0, 0.05) is 37.2 Å². The summed E-state index contributed by atoms with van der Waals surface area (Å²) in [7, 11) is 0. The van der Waals surface area contributed by atoms with Crippen molar-refractivity contribution in [2.45, 2.75) is 52.2 Å². The molecule has 2 N–H and O–H groups in total. The van der Waals surface area contributed by atoms with Crippen molar-refractivity contribution in [1.29, 1.82) is 0 Å². The highest BCUT2D eigenvalue weighted by Gasteiger charge is 2.39. The molecule has 3 atom stereocenters. The average molecular weight is 284 g/mol. The normalized spacial score (nSPS) is 33.8. The molecule has 0 aliphatic carbocycles. The van der Waals surface area contributed by atoms with Crippen molar-refractivity contribution in [3.63, 3.8) is 0 Å². The molecule has 4 heteroatoms. The highest BCUT2D eigenvalue weighted by molar-refractivity contribution is 4.92. The first-order chi connectivity index (χ1) is 9.30. The highest BCUT2D eigenvalue weighted by atomic mass is 16.5. The predicted octanol–water partition coefficient (Wildman–Crippen LogP) is 1.48. The van der Waals surface area contributed by atoms with Gasteiger partial charge in [0.2, 0.25) is 0 Å². The number of likely N-dealkylation sites (tertiary alicyclic amines) is 1. The molecule has 2 rings (SSSR count). The van der Waals surface area contributed by atoms with E-state index in [4.69, 9.17) is 4.74 Å². The molecule has 4 nitrogen and oxygen atoms in total. The van der Waals surface area contributed by atoms with Crippen LogP contribution in [0.15, 0.2) is 0 Å². The summed E-state index contributed by atoms with van der Waals surface area (Å²) >= 11 is 0. The van der Waals surface area contributed by atoms with Crippen molar-refractivity contribution < 1.29 is 9.84 Å². The van der Waals surface area contributed by atoms with Gasteiger partial charge < -0.3 is 20.1 Å². The smallest absolute Gasteiger partial charge is 0.0552 e. The van der Waals surface area contributed by atoms with Gasteiger partial charge >= 0.3 is 0 Å². The standard InChI is InChI=1S/C16H32N2O2/c1-13(19)14-5-7-18(9-14)11-16(6-8-20-12-16)10-17-15(2,3)4/h13-14,17,19H,5-12H2,1-4H3. The molecule has 2 aliphatic rings. The van der Waals surface area contributed by atoms with Gasteiger partial charge in [-0.1, -0.05) is 0 Å². The van der Waals surface area contributed by atoms with E-state index in [1.54, 1.807) is 0 Å². The van der Waals surface area contributed by atoms with Crippen LogP contribution in [0.2, 0.25) is 0 Å². The Morgan fingerprint density at radius 3 is 2.70 bits per heavy atom. The van der Waals surface area contributed by atoms with Crippen molar-refractivity contribution >= 4 is 0 Å². The van der Waals surface area contributed by atoms with Crippen LogP contribution in [0.25, 0.3) is 0 Å². The third kappa shape index (κ3) is 4.42. The van der Waals surface area contributed by atoms with E-state index < -0.39 is 0 Å². The topological polar surface area (TPSA) is 44.7 Å². The third-order valence-electron chi connectivity index (χ3n) is 4.73. The minimum absolute atomic E-state index is 0.156. The van der Waals surface area contributed by atoms with E-state index in [9.17, 15) is 5.11 Å². The molecule has 0 aromatic rings. The minimum atomic E-state index is -0.177. The fraction of sp³-hybridized carbons (Fsp3) is 1.00. The van der Waals surface area contributed by atoms with Crippen LogP contribution in [-0.2, 0) is 4.74 Å². The van der Waals surface area contributed by atoms with Gasteiger partial charge in [0.25, 0.3) is 0 Å². The summed E-state index contributed by atoms with van der Waals surface area (Å²) in [6.07, 6.45) is 2.09. The fourth-order valence-electron chi connectivity index (χ4n) is 3.30. The average Bonchev–Trinajstić information content (AvgIpc) is 2.96. The fourth-order valence-corrected chi connectivity index (χ4v) is 3.30. The molecule has 0 bridgehead atoms. The summed E-state index contributed by atoms with van der Waals surface area (Å²) in [6, 6.07) is 0. The second kappa shape index (κ2) is 6.30. The maximum Gasteiger partial charge on any atom is 0.0552 e. The van der Waals surface area contributed by atoms with E-state index in [1.165, 1.54) is 0 Å². The Morgan fingerprint density at radius 1 is 1.45 bits per heavy atom. The molecule has 2 saturated heterocycles. The maximum absolute atomic E-state index is 9.74. The van der Waals surface area contributed by atoms with E-state index >= 15 is 0 Å². The third-order valence-corrected chi connectivity index (χ3v) is 4.73. The molecule has 2 fully saturated rings. The lowest BCUT2D eigenvalue weighted by Gasteiger charge is -2.35. The van der Waals surface area contributed by atoms with Crippen molar-refractivity contribution in [3.8, 4) is 0 Å². The Morgan fingerprint density at radius 2 is 2.20 bits per heavy atom. The molecule has 20 heavy (non-hydrogen) atoms. The number of nitrogens with zero attached hydrogens (tertiary/aromatic N) is 1. The van der Waals surface area contributed by atoms with Gasteiger partial charge in [0.1, 0.15) is 0 Å². The Balaban J connectivity index is 1.89. The van der Waals surface area contributed by atoms with E-state index in [1.807, 2.05) is 6.92 Å². The van der Waals surface area contributed by atoms with Gasteiger partial charge in [-0.05, 0) is 53.0 Å². The number of aliphatic hydroxyl groups excluding tert-OH is 1. The summed E-state index contributed by atoms with van der Waals surface area (Å²) in [4.78, 5) is 2.52. The SMILES string of the molecule is CC(O)C1CCN(CC2(CNC(C)(C)C)CCOC2)C1. The largest absolute Gasteiger partial charge is 0.393 e. The molecular formula is C16H32N2O2. The lowest BCUT2D eigenvalue weighted by Crippen LogP contribution is -2.49. The molecular weight excluding hydrogens is 252 g/mol. The van der Waals surface area contributed by atoms with E-state index in [0.717, 1.165) is 52.2 Å². The Hall–Kier alpha value is -0.160. The molecule has 0 aromatic carbocycles. The van der Waals surface area contributed by atoms with Gasteiger partial charge in [-0.3, -0.25) is 0 Å². The first kappa shape index (κ1) is 16.2. The second-order valence-corrected chi connectivity index (χ2v) is 7.93. The van der Waals surface area contributed by atoms with Crippen LogP contribution in [0.5, 0.6) is 0 Å². The number of rotatable bonds is 5. The summed E-state index contributed by atoms with van der Waals surface area (Å²) < 4.78 is 5.69. The van der Waals surface area contributed by atoms with E-state index in [-0.39, 0.29) is 17.1 Å². The van der Waals surface area contributed by atoms with E-state index in [2.05, 4.69) is 31.0 Å². The van der Waals surface area contributed by atoms with Crippen LogP contribution in [0, 0.1) is 11.3 Å². The molecule has 2 aliphatic heterocycles. The highest BCUT2D eigenvalue weighted by Crippen LogP contribution is 2.32. The first-order valence-electron chi connectivity index (χ1n) is 8.03. The quantitative estimate of drug-likeness (QED) is 0.803. The Kier molecular flexibility index (Phi) is 5.11. The molecule has 0 aromatic heterocycles. The molecule has 0 amide bonds. The van der Waals surface area contributed by atoms with Crippen LogP contribution >= 0.6 is 0 Å². The van der Waals surface area contributed by atoms with Crippen molar-refractivity contribution in [1.82, 2.24) is 10.2 Å². The monoisotopic (exact) mass is 284 g/mol. The summed E-state index contributed by atoms with van der Waals surface area (Å²) in [5.74, 6) is 0.449. The zero-order valence-corrected chi connectivity index (χ0v) is 13.6. The summed E-state index contributed by atoms with van der Waals surface area (Å²) in [5, 5.41) is 13.4. The Bertz CT molecular complexity index is 306.